The monoisotopic (exact) mass is 449 g/mol. The number of aromatic nitrogens is 3. The molecule has 0 saturated heterocycles. The minimum atomic E-state index is -0.500. The van der Waals surface area contributed by atoms with Crippen LogP contribution in [0.1, 0.15) is 18.1 Å². The van der Waals surface area contributed by atoms with Crippen LogP contribution in [0.25, 0.3) is 17.3 Å². The normalized spacial score (nSPS) is 11.0. The minimum absolute atomic E-state index is 0.0294. The van der Waals surface area contributed by atoms with Crippen LogP contribution in [0.5, 0.6) is 5.75 Å². The summed E-state index contributed by atoms with van der Waals surface area (Å²) in [6.07, 6.45) is 6.78. The third kappa shape index (κ3) is 5.56. The van der Waals surface area contributed by atoms with Crippen LogP contribution >= 0.6 is 0 Å². The molecule has 34 heavy (non-hydrogen) atoms. The van der Waals surface area contributed by atoms with Crippen molar-refractivity contribution in [3.8, 4) is 23.1 Å². The summed E-state index contributed by atoms with van der Waals surface area (Å²) in [6.45, 7) is 3.02. The molecule has 7 heteroatoms. The number of pyridine rings is 1. The third-order valence-electron chi connectivity index (χ3n) is 5.00. The Morgan fingerprint density at radius 2 is 1.91 bits per heavy atom. The number of hydrogen-bond acceptors (Lipinski definition) is 5. The van der Waals surface area contributed by atoms with Crippen molar-refractivity contribution >= 4 is 17.7 Å². The first-order valence-corrected chi connectivity index (χ1v) is 10.8. The average Bonchev–Trinajstić information content (AvgIpc) is 3.27. The molecule has 7 nitrogen and oxygen atoms in total. The molecule has 1 N–H and O–H groups in total. The molecular formula is C27H23N5O2. The SMILES string of the molecule is CCOc1ccc(NC(=O)/C(C#N)=C\c2cn(Cc3ccccc3)nc2-c2cccnc2)cc1. The number of nitrogens with zero attached hydrogens (tertiary/aromatic N) is 4. The van der Waals surface area contributed by atoms with Gasteiger partial charge in [0.25, 0.3) is 5.91 Å². The van der Waals surface area contributed by atoms with Crippen molar-refractivity contribution in [2.24, 2.45) is 0 Å². The molecule has 168 valence electrons. The Bertz CT molecular complexity index is 1320. The predicted octanol–water partition coefficient (Wildman–Crippen LogP) is 4.94. The Morgan fingerprint density at radius 3 is 2.59 bits per heavy atom. The zero-order valence-electron chi connectivity index (χ0n) is 18.7. The first-order chi connectivity index (χ1) is 16.7. The summed E-state index contributed by atoms with van der Waals surface area (Å²) in [6, 6.07) is 22.7. The van der Waals surface area contributed by atoms with E-state index in [-0.39, 0.29) is 5.57 Å². The molecule has 0 aliphatic carbocycles. The maximum Gasteiger partial charge on any atom is 0.266 e. The molecule has 1 amide bonds. The lowest BCUT2D eigenvalue weighted by molar-refractivity contribution is -0.112. The van der Waals surface area contributed by atoms with Crippen molar-refractivity contribution in [3.05, 3.63) is 102 Å². The summed E-state index contributed by atoms with van der Waals surface area (Å²) in [5.41, 5.74) is 3.73. The molecule has 2 aromatic heterocycles. The minimum Gasteiger partial charge on any atom is -0.494 e. The van der Waals surface area contributed by atoms with E-state index in [0.717, 1.165) is 11.1 Å². The van der Waals surface area contributed by atoms with Gasteiger partial charge in [0.2, 0.25) is 0 Å². The van der Waals surface area contributed by atoms with Crippen molar-refractivity contribution in [1.82, 2.24) is 14.8 Å². The molecule has 0 saturated carbocycles. The highest BCUT2D eigenvalue weighted by atomic mass is 16.5. The van der Waals surface area contributed by atoms with Gasteiger partial charge < -0.3 is 10.1 Å². The van der Waals surface area contributed by atoms with Crippen LogP contribution in [0.15, 0.2) is 90.9 Å². The molecular weight excluding hydrogens is 426 g/mol. The molecule has 0 spiro atoms. The fourth-order valence-electron chi connectivity index (χ4n) is 3.42. The largest absolute Gasteiger partial charge is 0.494 e. The standard InChI is InChI=1S/C27H23N5O2/c1-2-34-25-12-10-24(11-13-25)30-27(33)22(16-28)15-23-19-32(18-20-7-4-3-5-8-20)31-26(23)21-9-6-14-29-17-21/h3-15,17,19H,2,18H2,1H3,(H,30,33)/b22-15-. The highest BCUT2D eigenvalue weighted by Crippen LogP contribution is 2.24. The molecule has 0 atom stereocenters. The van der Waals surface area contributed by atoms with E-state index in [0.29, 0.717) is 35.8 Å². The van der Waals surface area contributed by atoms with E-state index in [1.54, 1.807) is 47.4 Å². The lowest BCUT2D eigenvalue weighted by Gasteiger charge is -2.06. The number of benzene rings is 2. The first kappa shape index (κ1) is 22.5. The number of amides is 1. The van der Waals surface area contributed by atoms with Gasteiger partial charge in [-0.15, -0.1) is 0 Å². The number of nitrogens with one attached hydrogen (secondary N) is 1. The fraction of sp³-hybridized carbons (Fsp3) is 0.111. The summed E-state index contributed by atoms with van der Waals surface area (Å²) >= 11 is 0. The van der Waals surface area contributed by atoms with E-state index in [2.05, 4.69) is 10.3 Å². The number of hydrogen-bond donors (Lipinski definition) is 1. The predicted molar refractivity (Wildman–Crippen MR) is 131 cm³/mol. The summed E-state index contributed by atoms with van der Waals surface area (Å²) in [5, 5.41) is 17.2. The van der Waals surface area contributed by atoms with E-state index in [9.17, 15) is 10.1 Å². The highest BCUT2D eigenvalue weighted by molar-refractivity contribution is 6.10. The van der Waals surface area contributed by atoms with E-state index < -0.39 is 5.91 Å². The molecule has 0 bridgehead atoms. The fourth-order valence-corrected chi connectivity index (χ4v) is 3.42. The Balaban J connectivity index is 1.63. The van der Waals surface area contributed by atoms with Crippen LogP contribution in [-0.2, 0) is 11.3 Å². The van der Waals surface area contributed by atoms with Gasteiger partial charge in [-0.3, -0.25) is 14.5 Å². The van der Waals surface area contributed by atoms with Crippen molar-refractivity contribution in [2.75, 3.05) is 11.9 Å². The second-order valence-electron chi connectivity index (χ2n) is 7.44. The summed E-state index contributed by atoms with van der Waals surface area (Å²) in [4.78, 5) is 17.0. The van der Waals surface area contributed by atoms with Crippen LogP contribution in [0.4, 0.5) is 5.69 Å². The maximum atomic E-state index is 12.8. The second-order valence-corrected chi connectivity index (χ2v) is 7.44. The number of anilines is 1. The Hall–Kier alpha value is -4.70. The lowest BCUT2D eigenvalue weighted by Crippen LogP contribution is -2.13. The van der Waals surface area contributed by atoms with Gasteiger partial charge in [0.1, 0.15) is 23.1 Å². The van der Waals surface area contributed by atoms with E-state index in [4.69, 9.17) is 9.84 Å². The number of nitriles is 1. The molecule has 0 unspecified atom stereocenters. The third-order valence-corrected chi connectivity index (χ3v) is 5.00. The number of carbonyl (C=O) groups excluding carboxylic acids is 1. The van der Waals surface area contributed by atoms with Gasteiger partial charge in [-0.2, -0.15) is 10.4 Å². The highest BCUT2D eigenvalue weighted by Gasteiger charge is 2.15. The molecule has 0 fully saturated rings. The van der Waals surface area contributed by atoms with Crippen LogP contribution in [-0.4, -0.2) is 27.3 Å². The van der Waals surface area contributed by atoms with Gasteiger partial charge in [0.05, 0.1) is 13.2 Å². The molecule has 2 aromatic carbocycles. The van der Waals surface area contributed by atoms with Gasteiger partial charge in [-0.1, -0.05) is 30.3 Å². The van der Waals surface area contributed by atoms with Crippen LogP contribution in [0.3, 0.4) is 0 Å². The van der Waals surface area contributed by atoms with Crippen molar-refractivity contribution in [3.63, 3.8) is 0 Å². The summed E-state index contributed by atoms with van der Waals surface area (Å²) in [7, 11) is 0. The molecule has 0 aliphatic rings. The van der Waals surface area contributed by atoms with Crippen LogP contribution in [0.2, 0.25) is 0 Å². The van der Waals surface area contributed by atoms with Crippen molar-refractivity contribution in [2.45, 2.75) is 13.5 Å². The molecule has 2 heterocycles. The van der Waals surface area contributed by atoms with Crippen LogP contribution < -0.4 is 10.1 Å². The Morgan fingerprint density at radius 1 is 1.12 bits per heavy atom. The topological polar surface area (TPSA) is 92.8 Å². The zero-order chi connectivity index (χ0) is 23.8. The van der Waals surface area contributed by atoms with E-state index >= 15 is 0 Å². The summed E-state index contributed by atoms with van der Waals surface area (Å²) in [5.74, 6) is 0.211. The van der Waals surface area contributed by atoms with Gasteiger partial charge >= 0.3 is 0 Å². The zero-order valence-corrected chi connectivity index (χ0v) is 18.7. The van der Waals surface area contributed by atoms with E-state index in [1.165, 1.54) is 0 Å². The lowest BCUT2D eigenvalue weighted by atomic mass is 10.1. The Labute approximate surface area is 198 Å². The quantitative estimate of drug-likeness (QED) is 0.304. The van der Waals surface area contributed by atoms with Gasteiger partial charge in [0.15, 0.2) is 0 Å². The molecule has 0 radical (unpaired) electrons. The number of carbonyl (C=O) groups is 1. The maximum absolute atomic E-state index is 12.8. The first-order valence-electron chi connectivity index (χ1n) is 10.8. The summed E-state index contributed by atoms with van der Waals surface area (Å²) < 4.78 is 7.22. The number of rotatable bonds is 8. The molecule has 0 aliphatic heterocycles. The Kier molecular flexibility index (Phi) is 7.11. The van der Waals surface area contributed by atoms with Gasteiger partial charge in [-0.25, -0.2) is 0 Å². The van der Waals surface area contributed by atoms with E-state index in [1.807, 2.05) is 61.7 Å². The van der Waals surface area contributed by atoms with Crippen molar-refractivity contribution in [1.29, 1.82) is 5.26 Å². The smallest absolute Gasteiger partial charge is 0.266 e. The van der Waals surface area contributed by atoms with Crippen molar-refractivity contribution < 1.29 is 9.53 Å². The average molecular weight is 450 g/mol. The van der Waals surface area contributed by atoms with Crippen LogP contribution in [0, 0.1) is 11.3 Å². The van der Waals surface area contributed by atoms with Gasteiger partial charge in [0, 0.05) is 35.4 Å². The molecule has 4 aromatic rings. The molecule has 4 rings (SSSR count). The second kappa shape index (κ2) is 10.7. The van der Waals surface area contributed by atoms with Gasteiger partial charge in [-0.05, 0) is 55.0 Å². The number of ether oxygens (including phenoxy) is 1.